The maximum absolute atomic E-state index is 12.1. The molecule has 2 fully saturated rings. The molecule has 5 heteroatoms. The Morgan fingerprint density at radius 3 is 2.10 bits per heavy atom. The lowest BCUT2D eigenvalue weighted by Crippen LogP contribution is -2.49. The SMILES string of the molecule is CC(C)(C)OC(=O)N1CCC2(CCN(CCN)CC2)CC1. The van der Waals surface area contributed by atoms with Crippen LogP contribution in [0.4, 0.5) is 4.79 Å². The maximum Gasteiger partial charge on any atom is 0.410 e. The molecular formula is C16H31N3O2. The zero-order chi connectivity index (χ0) is 15.5. The van der Waals surface area contributed by atoms with Crippen molar-refractivity contribution in [3.63, 3.8) is 0 Å². The number of likely N-dealkylation sites (tertiary alicyclic amines) is 2. The average molecular weight is 297 g/mol. The Labute approximate surface area is 128 Å². The molecule has 1 amide bonds. The van der Waals surface area contributed by atoms with E-state index in [4.69, 9.17) is 10.5 Å². The van der Waals surface area contributed by atoms with Crippen LogP contribution in [0.3, 0.4) is 0 Å². The second-order valence-corrected chi connectivity index (χ2v) is 7.60. The van der Waals surface area contributed by atoms with Crippen molar-refractivity contribution in [3.05, 3.63) is 0 Å². The second kappa shape index (κ2) is 6.53. The topological polar surface area (TPSA) is 58.8 Å². The van der Waals surface area contributed by atoms with Crippen LogP contribution in [0.1, 0.15) is 46.5 Å². The normalized spacial score (nSPS) is 23.3. The first-order valence-electron chi connectivity index (χ1n) is 8.24. The van der Waals surface area contributed by atoms with E-state index < -0.39 is 5.60 Å². The predicted molar refractivity (Wildman–Crippen MR) is 84.2 cm³/mol. The highest BCUT2D eigenvalue weighted by Gasteiger charge is 2.39. The summed E-state index contributed by atoms with van der Waals surface area (Å²) in [4.78, 5) is 16.4. The minimum Gasteiger partial charge on any atom is -0.444 e. The summed E-state index contributed by atoms with van der Waals surface area (Å²) in [7, 11) is 0. The number of ether oxygens (including phenoxy) is 1. The first-order valence-corrected chi connectivity index (χ1v) is 8.24. The number of piperidine rings is 2. The molecule has 0 bridgehead atoms. The first kappa shape index (κ1) is 16.6. The van der Waals surface area contributed by atoms with Crippen molar-refractivity contribution < 1.29 is 9.53 Å². The molecule has 2 aliphatic rings. The minimum absolute atomic E-state index is 0.155. The van der Waals surface area contributed by atoms with E-state index in [1.54, 1.807) is 0 Å². The predicted octanol–water partition coefficient (Wildman–Crippen LogP) is 2.06. The van der Waals surface area contributed by atoms with Crippen molar-refractivity contribution in [2.75, 3.05) is 39.3 Å². The van der Waals surface area contributed by atoms with E-state index >= 15 is 0 Å². The fourth-order valence-electron chi connectivity index (χ4n) is 3.42. The Bertz CT molecular complexity index is 347. The molecule has 2 heterocycles. The highest BCUT2D eigenvalue weighted by atomic mass is 16.6. The fraction of sp³-hybridized carbons (Fsp3) is 0.938. The third kappa shape index (κ3) is 4.58. The molecule has 2 N–H and O–H groups in total. The lowest BCUT2D eigenvalue weighted by atomic mass is 9.71. The van der Waals surface area contributed by atoms with Crippen LogP contribution in [0.2, 0.25) is 0 Å². The van der Waals surface area contributed by atoms with E-state index in [-0.39, 0.29) is 6.09 Å². The lowest BCUT2D eigenvalue weighted by molar-refractivity contribution is -0.00212. The van der Waals surface area contributed by atoms with Gasteiger partial charge in [-0.05, 0) is 65.0 Å². The number of hydrogen-bond acceptors (Lipinski definition) is 4. The smallest absolute Gasteiger partial charge is 0.410 e. The lowest BCUT2D eigenvalue weighted by Gasteiger charge is -2.46. The van der Waals surface area contributed by atoms with Gasteiger partial charge in [-0.2, -0.15) is 0 Å². The number of nitrogens with two attached hydrogens (primary N) is 1. The van der Waals surface area contributed by atoms with Crippen LogP contribution in [0, 0.1) is 5.41 Å². The first-order chi connectivity index (χ1) is 9.84. The summed E-state index contributed by atoms with van der Waals surface area (Å²) in [6.45, 7) is 11.5. The molecule has 0 aromatic heterocycles. The zero-order valence-electron chi connectivity index (χ0n) is 13.9. The van der Waals surface area contributed by atoms with E-state index in [0.717, 1.165) is 52.1 Å². The van der Waals surface area contributed by atoms with Crippen LogP contribution in [-0.2, 0) is 4.74 Å². The highest BCUT2D eigenvalue weighted by Crippen LogP contribution is 2.41. The Hall–Kier alpha value is -0.810. The maximum atomic E-state index is 12.1. The summed E-state index contributed by atoms with van der Waals surface area (Å²) in [6, 6.07) is 0. The summed E-state index contributed by atoms with van der Waals surface area (Å²) in [5.74, 6) is 0. The third-order valence-electron chi connectivity index (χ3n) is 4.84. The summed E-state index contributed by atoms with van der Waals surface area (Å²) in [5, 5.41) is 0. The van der Waals surface area contributed by atoms with E-state index in [1.165, 1.54) is 12.8 Å². The van der Waals surface area contributed by atoms with Crippen LogP contribution < -0.4 is 5.73 Å². The van der Waals surface area contributed by atoms with Gasteiger partial charge in [-0.25, -0.2) is 4.79 Å². The van der Waals surface area contributed by atoms with Crippen LogP contribution in [0.25, 0.3) is 0 Å². The van der Waals surface area contributed by atoms with Crippen LogP contribution in [0.5, 0.6) is 0 Å². The van der Waals surface area contributed by atoms with Gasteiger partial charge in [0.1, 0.15) is 5.60 Å². The summed E-state index contributed by atoms with van der Waals surface area (Å²) < 4.78 is 5.47. The number of carbonyl (C=O) groups excluding carboxylic acids is 1. The Kier molecular flexibility index (Phi) is 5.15. The monoisotopic (exact) mass is 297 g/mol. The van der Waals surface area contributed by atoms with Gasteiger partial charge in [-0.15, -0.1) is 0 Å². The Morgan fingerprint density at radius 2 is 1.62 bits per heavy atom. The van der Waals surface area contributed by atoms with Gasteiger partial charge in [0.25, 0.3) is 0 Å². The molecule has 0 aromatic carbocycles. The fourth-order valence-corrected chi connectivity index (χ4v) is 3.42. The number of amides is 1. The van der Waals surface area contributed by atoms with Crippen molar-refractivity contribution in [2.24, 2.45) is 11.1 Å². The standard InChI is InChI=1S/C16H31N3O2/c1-15(2,3)21-14(20)19-11-6-16(7-12-19)4-9-18(10-5-16)13-8-17/h4-13,17H2,1-3H3. The van der Waals surface area contributed by atoms with E-state index in [2.05, 4.69) is 4.90 Å². The van der Waals surface area contributed by atoms with Gasteiger partial charge < -0.3 is 20.3 Å². The Balaban J connectivity index is 1.79. The third-order valence-corrected chi connectivity index (χ3v) is 4.84. The average Bonchev–Trinajstić information content (AvgIpc) is 2.41. The van der Waals surface area contributed by atoms with E-state index in [0.29, 0.717) is 5.41 Å². The van der Waals surface area contributed by atoms with Gasteiger partial charge >= 0.3 is 6.09 Å². The summed E-state index contributed by atoms with van der Waals surface area (Å²) >= 11 is 0. The van der Waals surface area contributed by atoms with Gasteiger partial charge in [0.05, 0.1) is 0 Å². The number of rotatable bonds is 2. The van der Waals surface area contributed by atoms with Crippen molar-refractivity contribution in [1.82, 2.24) is 9.80 Å². The number of hydrogen-bond donors (Lipinski definition) is 1. The molecule has 0 saturated carbocycles. The van der Waals surface area contributed by atoms with Gasteiger partial charge in [0.2, 0.25) is 0 Å². The van der Waals surface area contributed by atoms with E-state index in [9.17, 15) is 4.79 Å². The molecule has 2 aliphatic heterocycles. The number of nitrogens with zero attached hydrogens (tertiary/aromatic N) is 2. The van der Waals surface area contributed by atoms with Gasteiger partial charge in [0.15, 0.2) is 0 Å². The molecule has 122 valence electrons. The zero-order valence-corrected chi connectivity index (χ0v) is 13.9. The molecule has 0 radical (unpaired) electrons. The van der Waals surface area contributed by atoms with Crippen LogP contribution in [0.15, 0.2) is 0 Å². The van der Waals surface area contributed by atoms with Crippen LogP contribution >= 0.6 is 0 Å². The molecule has 2 rings (SSSR count). The second-order valence-electron chi connectivity index (χ2n) is 7.60. The number of carbonyl (C=O) groups is 1. The van der Waals surface area contributed by atoms with E-state index in [1.807, 2.05) is 25.7 Å². The quantitative estimate of drug-likeness (QED) is 0.847. The molecule has 21 heavy (non-hydrogen) atoms. The van der Waals surface area contributed by atoms with Crippen molar-refractivity contribution in [2.45, 2.75) is 52.1 Å². The molecule has 0 atom stereocenters. The molecule has 0 aromatic rings. The molecular weight excluding hydrogens is 266 g/mol. The van der Waals surface area contributed by atoms with Crippen LogP contribution in [-0.4, -0.2) is 60.8 Å². The van der Waals surface area contributed by atoms with Gasteiger partial charge in [-0.3, -0.25) is 0 Å². The molecule has 0 aliphatic carbocycles. The molecule has 5 nitrogen and oxygen atoms in total. The summed E-state index contributed by atoms with van der Waals surface area (Å²) in [6.07, 6.45) is 4.56. The van der Waals surface area contributed by atoms with Crippen molar-refractivity contribution >= 4 is 6.09 Å². The Morgan fingerprint density at radius 1 is 1.10 bits per heavy atom. The minimum atomic E-state index is -0.403. The largest absolute Gasteiger partial charge is 0.444 e. The van der Waals surface area contributed by atoms with Crippen molar-refractivity contribution in [3.8, 4) is 0 Å². The van der Waals surface area contributed by atoms with Crippen molar-refractivity contribution in [1.29, 1.82) is 0 Å². The molecule has 1 spiro atoms. The molecule has 2 saturated heterocycles. The van der Waals surface area contributed by atoms with Gasteiger partial charge in [0, 0.05) is 26.2 Å². The molecule has 0 unspecified atom stereocenters. The highest BCUT2D eigenvalue weighted by molar-refractivity contribution is 5.68. The van der Waals surface area contributed by atoms with Gasteiger partial charge in [-0.1, -0.05) is 0 Å². The summed E-state index contributed by atoms with van der Waals surface area (Å²) in [5.41, 5.74) is 5.68.